The van der Waals surface area contributed by atoms with Gasteiger partial charge in [0.15, 0.2) is 0 Å². The second-order valence-corrected chi connectivity index (χ2v) is 5.20. The number of hydrogen-bond acceptors (Lipinski definition) is 2. The molecule has 1 rings (SSSR count). The second-order valence-electron chi connectivity index (χ2n) is 2.67. The van der Waals surface area contributed by atoms with Gasteiger partial charge in [0.05, 0.1) is 6.16 Å². The third-order valence-corrected chi connectivity index (χ3v) is 3.07. The molecule has 0 aliphatic carbocycles. The Morgan fingerprint density at radius 1 is 1.31 bits per heavy atom. The molecule has 3 nitrogen and oxygen atoms in total. The largest absolute Gasteiger partial charge is 0.329 e. The van der Waals surface area contributed by atoms with Crippen LogP contribution >= 0.6 is 19.4 Å². The van der Waals surface area contributed by atoms with Gasteiger partial charge in [0.25, 0.3) is 0 Å². The van der Waals surface area contributed by atoms with Gasteiger partial charge in [-0.2, -0.15) is 0 Å². The Bertz CT molecular complexity index is 317. The molecule has 1 aromatic carbocycles. The van der Waals surface area contributed by atoms with Crippen molar-refractivity contribution < 1.29 is 14.4 Å². The molecule has 0 radical (unpaired) electrons. The fourth-order valence-corrected chi connectivity index (χ4v) is 2.06. The highest BCUT2D eigenvalue weighted by Gasteiger charge is 2.13. The molecule has 13 heavy (non-hydrogen) atoms. The third-order valence-electron chi connectivity index (χ3n) is 1.55. The van der Waals surface area contributed by atoms with Crippen molar-refractivity contribution in [3.8, 4) is 0 Å². The zero-order valence-electron chi connectivity index (χ0n) is 7.17. The molecule has 0 fully saturated rings. The summed E-state index contributed by atoms with van der Waals surface area (Å²) in [6.45, 7) is 0. The van der Waals surface area contributed by atoms with Gasteiger partial charge in [-0.1, -0.05) is 12.1 Å². The Hall–Kier alpha value is -0.280. The van der Waals surface area contributed by atoms with E-state index in [0.717, 1.165) is 4.90 Å². The lowest BCUT2D eigenvalue weighted by Crippen LogP contribution is -1.86. The van der Waals surface area contributed by atoms with Crippen LogP contribution in [0.3, 0.4) is 0 Å². The van der Waals surface area contributed by atoms with E-state index in [1.807, 2.05) is 18.4 Å². The molecule has 0 aliphatic heterocycles. The topological polar surface area (TPSA) is 57.5 Å². The minimum absolute atomic E-state index is 0.179. The van der Waals surface area contributed by atoms with E-state index < -0.39 is 7.60 Å². The van der Waals surface area contributed by atoms with Gasteiger partial charge in [0.2, 0.25) is 0 Å². The highest BCUT2D eigenvalue weighted by Crippen LogP contribution is 2.39. The van der Waals surface area contributed by atoms with Gasteiger partial charge < -0.3 is 9.79 Å². The zero-order valence-corrected chi connectivity index (χ0v) is 8.89. The Morgan fingerprint density at radius 2 is 1.85 bits per heavy atom. The van der Waals surface area contributed by atoms with Crippen molar-refractivity contribution in [3.63, 3.8) is 0 Å². The number of thioether (sulfide) groups is 1. The van der Waals surface area contributed by atoms with Gasteiger partial charge in [-0.3, -0.25) is 4.57 Å². The Kier molecular flexibility index (Phi) is 3.56. The summed E-state index contributed by atoms with van der Waals surface area (Å²) in [5.41, 5.74) is 0.672. The highest BCUT2D eigenvalue weighted by atomic mass is 32.2. The molecule has 0 unspecified atom stereocenters. The van der Waals surface area contributed by atoms with Crippen LogP contribution in [-0.2, 0) is 10.7 Å². The van der Waals surface area contributed by atoms with Crippen molar-refractivity contribution in [2.24, 2.45) is 0 Å². The standard InChI is InChI=1S/C8H11O3PS/c1-13-8-4-2-7(3-5-8)6-12(9,10)11/h2-5H,6H2,1H3,(H2,9,10,11). The lowest BCUT2D eigenvalue weighted by molar-refractivity contribution is 0.371. The minimum atomic E-state index is -3.92. The van der Waals surface area contributed by atoms with Crippen molar-refractivity contribution >= 4 is 19.4 Å². The summed E-state index contributed by atoms with van der Waals surface area (Å²) in [5.74, 6) is 0. The van der Waals surface area contributed by atoms with Crippen LogP contribution in [0.15, 0.2) is 29.2 Å². The lowest BCUT2D eigenvalue weighted by atomic mass is 10.2. The Labute approximate surface area is 81.3 Å². The van der Waals surface area contributed by atoms with Crippen LogP contribution in [0, 0.1) is 0 Å². The monoisotopic (exact) mass is 218 g/mol. The van der Waals surface area contributed by atoms with Gasteiger partial charge in [-0.05, 0) is 24.0 Å². The molecular formula is C8H11O3PS. The lowest BCUT2D eigenvalue weighted by Gasteiger charge is -2.04. The molecule has 0 saturated heterocycles. The van der Waals surface area contributed by atoms with Crippen molar-refractivity contribution in [1.82, 2.24) is 0 Å². The summed E-state index contributed by atoms with van der Waals surface area (Å²) in [7, 11) is -3.92. The van der Waals surface area contributed by atoms with E-state index in [0.29, 0.717) is 5.56 Å². The van der Waals surface area contributed by atoms with Gasteiger partial charge in [-0.25, -0.2) is 0 Å². The zero-order chi connectivity index (χ0) is 9.90. The quantitative estimate of drug-likeness (QED) is 0.602. The second kappa shape index (κ2) is 4.29. The molecule has 0 amide bonds. The number of hydrogen-bond donors (Lipinski definition) is 2. The molecule has 0 aliphatic rings. The first-order valence-electron chi connectivity index (χ1n) is 3.69. The number of rotatable bonds is 3. The molecule has 0 heterocycles. The summed E-state index contributed by atoms with van der Waals surface area (Å²) >= 11 is 1.60. The molecule has 0 bridgehead atoms. The summed E-state index contributed by atoms with van der Waals surface area (Å²) in [6.07, 6.45) is 1.78. The summed E-state index contributed by atoms with van der Waals surface area (Å²) in [6, 6.07) is 7.20. The summed E-state index contributed by atoms with van der Waals surface area (Å²) < 4.78 is 10.6. The van der Waals surface area contributed by atoms with Crippen molar-refractivity contribution in [2.75, 3.05) is 6.26 Å². The smallest absolute Gasteiger partial charge is 0.324 e. The first kappa shape index (κ1) is 10.8. The van der Waals surface area contributed by atoms with E-state index in [2.05, 4.69) is 0 Å². The fraction of sp³-hybridized carbons (Fsp3) is 0.250. The maximum absolute atomic E-state index is 10.6. The SMILES string of the molecule is CSc1ccc(CP(=O)(O)O)cc1. The van der Waals surface area contributed by atoms with E-state index in [9.17, 15) is 4.57 Å². The number of benzene rings is 1. The van der Waals surface area contributed by atoms with Gasteiger partial charge >= 0.3 is 7.60 Å². The van der Waals surface area contributed by atoms with Crippen LogP contribution in [-0.4, -0.2) is 16.0 Å². The van der Waals surface area contributed by atoms with Gasteiger partial charge in [-0.15, -0.1) is 11.8 Å². The highest BCUT2D eigenvalue weighted by molar-refractivity contribution is 7.98. The fourth-order valence-electron chi connectivity index (χ4n) is 0.969. The van der Waals surface area contributed by atoms with Crippen LogP contribution < -0.4 is 0 Å². The van der Waals surface area contributed by atoms with E-state index in [4.69, 9.17) is 9.79 Å². The average Bonchev–Trinajstić information content (AvgIpc) is 2.03. The minimum Gasteiger partial charge on any atom is -0.324 e. The van der Waals surface area contributed by atoms with E-state index in [1.165, 1.54) is 0 Å². The van der Waals surface area contributed by atoms with Crippen LogP contribution in [0.25, 0.3) is 0 Å². The average molecular weight is 218 g/mol. The molecule has 0 spiro atoms. The van der Waals surface area contributed by atoms with Crippen molar-refractivity contribution in [2.45, 2.75) is 11.1 Å². The van der Waals surface area contributed by atoms with E-state index in [-0.39, 0.29) is 6.16 Å². The maximum Gasteiger partial charge on any atom is 0.329 e. The Morgan fingerprint density at radius 3 is 2.23 bits per heavy atom. The van der Waals surface area contributed by atoms with Crippen LogP contribution in [0.1, 0.15) is 5.56 Å². The predicted molar refractivity (Wildman–Crippen MR) is 54.0 cm³/mol. The van der Waals surface area contributed by atoms with Crippen LogP contribution in [0.4, 0.5) is 0 Å². The molecule has 0 aromatic heterocycles. The molecule has 72 valence electrons. The predicted octanol–water partition coefficient (Wildman–Crippen LogP) is 2.09. The summed E-state index contributed by atoms with van der Waals surface area (Å²) in [4.78, 5) is 18.5. The van der Waals surface area contributed by atoms with Crippen LogP contribution in [0.2, 0.25) is 0 Å². The Balaban J connectivity index is 2.76. The van der Waals surface area contributed by atoms with E-state index in [1.54, 1.807) is 23.9 Å². The first-order chi connectivity index (χ1) is 6.01. The normalized spacial score (nSPS) is 11.6. The first-order valence-corrected chi connectivity index (χ1v) is 6.71. The van der Waals surface area contributed by atoms with Crippen LogP contribution in [0.5, 0.6) is 0 Å². The molecule has 1 aromatic rings. The molecule has 0 saturated carbocycles. The summed E-state index contributed by atoms with van der Waals surface area (Å²) in [5, 5.41) is 0. The van der Waals surface area contributed by atoms with Gasteiger partial charge in [0, 0.05) is 4.90 Å². The van der Waals surface area contributed by atoms with Crippen molar-refractivity contribution in [1.29, 1.82) is 0 Å². The molecular weight excluding hydrogens is 207 g/mol. The third kappa shape index (κ3) is 3.96. The molecule has 5 heteroatoms. The van der Waals surface area contributed by atoms with Gasteiger partial charge in [0.1, 0.15) is 0 Å². The van der Waals surface area contributed by atoms with E-state index >= 15 is 0 Å². The van der Waals surface area contributed by atoms with Crippen molar-refractivity contribution in [3.05, 3.63) is 29.8 Å². The molecule has 2 N–H and O–H groups in total. The molecule has 0 atom stereocenters. The maximum atomic E-state index is 10.6.